The second-order valence-corrected chi connectivity index (χ2v) is 21.0. The molecule has 2 aliphatic heterocycles. The van der Waals surface area contributed by atoms with Gasteiger partial charge in [-0.25, -0.2) is 0 Å². The molecule has 0 bridgehead atoms. The van der Waals surface area contributed by atoms with E-state index in [0.29, 0.717) is 19.3 Å². The maximum atomic E-state index is 14.4. The lowest BCUT2D eigenvalue weighted by atomic mass is 9.95. The van der Waals surface area contributed by atoms with E-state index >= 15 is 0 Å². The highest BCUT2D eigenvalue weighted by molar-refractivity contribution is 5.99. The molecule has 2 rings (SSSR count). The number of hydrogen-bond donors (Lipinski definition) is 8. The molecule has 10 atom stereocenters. The lowest BCUT2D eigenvalue weighted by Gasteiger charge is -2.33. The van der Waals surface area contributed by atoms with Gasteiger partial charge in [-0.3, -0.25) is 43.2 Å². The predicted octanol–water partition coefficient (Wildman–Crippen LogP) is 2.43. The van der Waals surface area contributed by atoms with Crippen LogP contribution in [0.3, 0.4) is 0 Å². The van der Waals surface area contributed by atoms with Gasteiger partial charge in [0, 0.05) is 6.54 Å². The summed E-state index contributed by atoms with van der Waals surface area (Å²) in [4.78, 5) is 128. The summed E-state index contributed by atoms with van der Waals surface area (Å²) in [5, 5.41) is 22.5. The van der Waals surface area contributed by atoms with Crippen LogP contribution < -0.4 is 42.5 Å². The molecule has 0 aromatic rings. The molecule has 66 heavy (non-hydrogen) atoms. The van der Waals surface area contributed by atoms with Crippen LogP contribution in [0.2, 0.25) is 0 Å². The van der Waals surface area contributed by atoms with E-state index < -0.39 is 119 Å². The first kappa shape index (κ1) is 57.4. The van der Waals surface area contributed by atoms with Crippen LogP contribution in [0.4, 0.5) is 0 Å². The summed E-state index contributed by atoms with van der Waals surface area (Å²) in [5.74, 6) is -7.04. The number of rotatable bonds is 12. The zero-order valence-electron chi connectivity index (χ0n) is 42.5. The van der Waals surface area contributed by atoms with Gasteiger partial charge >= 0.3 is 0 Å². The summed E-state index contributed by atoms with van der Waals surface area (Å²) < 4.78 is 0. The van der Waals surface area contributed by atoms with Crippen molar-refractivity contribution in [2.24, 2.45) is 41.4 Å². The zero-order chi connectivity index (χ0) is 50.3. The third-order valence-corrected chi connectivity index (χ3v) is 12.2. The molecule has 0 aromatic heterocycles. The monoisotopic (exact) mass is 932 g/mol. The lowest BCUT2D eigenvalue weighted by molar-refractivity contribution is -0.143. The van der Waals surface area contributed by atoms with Gasteiger partial charge < -0.3 is 47.4 Å². The summed E-state index contributed by atoms with van der Waals surface area (Å²) in [6, 6.07) is -9.81. The molecule has 0 aliphatic carbocycles. The molecule has 9 amide bonds. The number of carbonyl (C=O) groups is 9. The molecule has 0 aromatic carbocycles. The molecule has 18 heteroatoms. The Morgan fingerprint density at radius 1 is 0.439 bits per heavy atom. The highest BCUT2D eigenvalue weighted by Crippen LogP contribution is 2.22. The number of carbonyl (C=O) groups excluding carboxylic acids is 9. The van der Waals surface area contributed by atoms with Crippen molar-refractivity contribution in [3.05, 3.63) is 0 Å². The van der Waals surface area contributed by atoms with E-state index in [4.69, 9.17) is 0 Å². The molecule has 2 fully saturated rings. The van der Waals surface area contributed by atoms with Crippen LogP contribution in [0.1, 0.15) is 149 Å². The Bertz CT molecular complexity index is 1700. The fourth-order valence-corrected chi connectivity index (χ4v) is 8.29. The minimum atomic E-state index is -1.16. The van der Waals surface area contributed by atoms with Gasteiger partial charge in [0.25, 0.3) is 0 Å². The van der Waals surface area contributed by atoms with E-state index in [1.54, 1.807) is 27.7 Å². The average molecular weight is 932 g/mol. The Kier molecular flexibility index (Phi) is 23.1. The van der Waals surface area contributed by atoms with Gasteiger partial charge in [0.15, 0.2) is 0 Å². The second-order valence-electron chi connectivity index (χ2n) is 21.0. The quantitative estimate of drug-likeness (QED) is 0.143. The molecule has 376 valence electrons. The van der Waals surface area contributed by atoms with Crippen molar-refractivity contribution in [3.8, 4) is 0 Å². The topological polar surface area (TPSA) is 253 Å². The molecule has 2 saturated heterocycles. The maximum absolute atomic E-state index is 14.4. The Balaban J connectivity index is 2.75. The summed E-state index contributed by atoms with van der Waals surface area (Å²) in [5.41, 5.74) is 0. The molecule has 2 aliphatic rings. The van der Waals surface area contributed by atoms with Gasteiger partial charge in [-0.15, -0.1) is 0 Å². The Labute approximate surface area is 393 Å². The number of hydrogen-bond acceptors (Lipinski definition) is 9. The third-order valence-electron chi connectivity index (χ3n) is 12.2. The van der Waals surface area contributed by atoms with Crippen molar-refractivity contribution in [3.63, 3.8) is 0 Å². The highest BCUT2D eigenvalue weighted by Gasteiger charge is 2.42. The first-order chi connectivity index (χ1) is 30.7. The summed E-state index contributed by atoms with van der Waals surface area (Å²) in [6.45, 7) is 27.4. The Morgan fingerprint density at radius 2 is 0.788 bits per heavy atom. The minimum absolute atomic E-state index is 0.0554. The van der Waals surface area contributed by atoms with E-state index in [1.165, 1.54) is 11.8 Å². The van der Waals surface area contributed by atoms with Gasteiger partial charge in [-0.05, 0) is 86.9 Å². The van der Waals surface area contributed by atoms with Crippen molar-refractivity contribution in [1.29, 1.82) is 0 Å². The van der Waals surface area contributed by atoms with Crippen molar-refractivity contribution >= 4 is 53.2 Å². The number of nitrogens with zero attached hydrogens (tertiary/aromatic N) is 1. The minimum Gasteiger partial charge on any atom is -0.343 e. The molecular formula is C48H85N9O9. The standard InChI is InChI=1S/C48H85N9O9/c1-16-30(14)39-47(65)52-33(21-25(4)5)42(60)50-32(20-24(2)3)41(59)51-34(22-26(6)7)43(61)55-37(28(10)11)45(63)49-31(15)40(58)54-38(29(12)13)46(64)53-35(23-27(8)9)48(66)57-19-17-18-36(57)44(62)56-39/h24-39H,16-23H2,1-15H3,(H,49,63)(H,50,60)(H,51,59)(H,52,65)(H,53,64)(H,54,58)(H,55,61)(H,56,62)/t30-,31-,32-,33-,34-,35-,36-,37-,38-,39-/m0/s1. The van der Waals surface area contributed by atoms with Crippen LogP contribution in [-0.2, 0) is 43.2 Å². The van der Waals surface area contributed by atoms with Crippen LogP contribution in [0.5, 0.6) is 0 Å². The van der Waals surface area contributed by atoms with Crippen molar-refractivity contribution in [1.82, 2.24) is 47.4 Å². The first-order valence-electron chi connectivity index (χ1n) is 24.4. The molecule has 8 N–H and O–H groups in total. The van der Waals surface area contributed by atoms with Gasteiger partial charge in [0.1, 0.15) is 54.4 Å². The highest BCUT2D eigenvalue weighted by atomic mass is 16.2. The van der Waals surface area contributed by atoms with E-state index in [0.717, 1.165) is 0 Å². The number of amides is 9. The number of fused-ring (bicyclic) bond motifs is 1. The molecule has 0 saturated carbocycles. The van der Waals surface area contributed by atoms with Crippen molar-refractivity contribution < 1.29 is 43.2 Å². The fraction of sp³-hybridized carbons (Fsp3) is 0.812. The SMILES string of the molecule is CC[C@H](C)[C@@H]1NC(=O)[C@@H]2CCCN2C(=O)[C@H](CC(C)C)NC(=O)[C@H](C(C)C)NC(=O)[C@H](C)NC(=O)[C@H](C(C)C)NC(=O)[C@H](CC(C)C)NC(=O)[C@H](CC(C)C)NC(=O)[C@H](CC(C)C)NC1=O. The van der Waals surface area contributed by atoms with Crippen LogP contribution in [0.15, 0.2) is 0 Å². The van der Waals surface area contributed by atoms with Gasteiger partial charge in [-0.1, -0.05) is 103 Å². The van der Waals surface area contributed by atoms with Gasteiger partial charge in [-0.2, -0.15) is 0 Å². The molecule has 0 spiro atoms. The molecule has 0 radical (unpaired) electrons. The van der Waals surface area contributed by atoms with Gasteiger partial charge in [0.05, 0.1) is 0 Å². The molecular weight excluding hydrogens is 847 g/mol. The Hall–Kier alpha value is -4.77. The summed E-state index contributed by atoms with van der Waals surface area (Å²) in [7, 11) is 0. The van der Waals surface area contributed by atoms with Crippen LogP contribution >= 0.6 is 0 Å². The molecule has 0 unspecified atom stereocenters. The van der Waals surface area contributed by atoms with E-state index in [-0.39, 0.29) is 61.8 Å². The molecule has 18 nitrogen and oxygen atoms in total. The van der Waals surface area contributed by atoms with Gasteiger partial charge in [0.2, 0.25) is 53.2 Å². The largest absolute Gasteiger partial charge is 0.343 e. The molecule has 2 heterocycles. The fourth-order valence-electron chi connectivity index (χ4n) is 8.29. The lowest BCUT2D eigenvalue weighted by Crippen LogP contribution is -2.61. The van der Waals surface area contributed by atoms with Crippen LogP contribution in [0.25, 0.3) is 0 Å². The predicted molar refractivity (Wildman–Crippen MR) is 253 cm³/mol. The average Bonchev–Trinajstić information content (AvgIpc) is 3.71. The number of nitrogens with one attached hydrogen (secondary N) is 8. The van der Waals surface area contributed by atoms with E-state index in [2.05, 4.69) is 42.5 Å². The maximum Gasteiger partial charge on any atom is 0.245 e. The smallest absolute Gasteiger partial charge is 0.245 e. The van der Waals surface area contributed by atoms with Crippen molar-refractivity contribution in [2.45, 2.75) is 203 Å². The van der Waals surface area contributed by atoms with Crippen LogP contribution in [-0.4, -0.2) is 119 Å². The van der Waals surface area contributed by atoms with Crippen LogP contribution in [0, 0.1) is 41.4 Å². The zero-order valence-corrected chi connectivity index (χ0v) is 42.5. The van der Waals surface area contributed by atoms with E-state index in [1.807, 2.05) is 69.2 Å². The Morgan fingerprint density at radius 3 is 1.21 bits per heavy atom. The van der Waals surface area contributed by atoms with Crippen molar-refractivity contribution in [2.75, 3.05) is 6.54 Å². The van der Waals surface area contributed by atoms with E-state index in [9.17, 15) is 43.2 Å². The first-order valence-corrected chi connectivity index (χ1v) is 24.4. The normalized spacial score (nSPS) is 28.3. The third kappa shape index (κ3) is 17.5. The second kappa shape index (κ2) is 26.5. The summed E-state index contributed by atoms with van der Waals surface area (Å²) in [6.07, 6.45) is 2.14. The summed E-state index contributed by atoms with van der Waals surface area (Å²) >= 11 is 0.